The number of aromatic hydroxyl groups is 1. The maximum atomic E-state index is 13.2. The number of pyridine rings is 1. The molecule has 0 bridgehead atoms. The van der Waals surface area contributed by atoms with Crippen LogP contribution in [0.5, 0.6) is 11.5 Å². The van der Waals surface area contributed by atoms with Crippen molar-refractivity contribution in [2.45, 2.75) is 18.9 Å². The third-order valence-corrected chi connectivity index (χ3v) is 5.77. The number of anilines is 1. The van der Waals surface area contributed by atoms with Gasteiger partial charge in [-0.05, 0) is 60.4 Å². The Bertz CT molecular complexity index is 1250. The van der Waals surface area contributed by atoms with E-state index >= 15 is 0 Å². The van der Waals surface area contributed by atoms with Crippen molar-refractivity contribution in [3.8, 4) is 11.5 Å². The van der Waals surface area contributed by atoms with Crippen LogP contribution in [0.15, 0.2) is 72.6 Å². The van der Waals surface area contributed by atoms with Crippen molar-refractivity contribution >= 4 is 23.1 Å². The lowest BCUT2D eigenvalue weighted by Gasteiger charge is -2.25. The molecule has 0 saturated carbocycles. The first-order valence-corrected chi connectivity index (χ1v) is 10.3. The fraction of sp³-hybridized carbons (Fsp3) is 0.160. The van der Waals surface area contributed by atoms with Gasteiger partial charge in [0.1, 0.15) is 17.3 Å². The number of ketones is 1. The van der Waals surface area contributed by atoms with E-state index in [4.69, 9.17) is 4.74 Å². The average molecular weight is 428 g/mol. The highest BCUT2D eigenvalue weighted by atomic mass is 16.5. The van der Waals surface area contributed by atoms with Crippen LogP contribution in [0.25, 0.3) is 5.76 Å². The Balaban J connectivity index is 1.70. The molecule has 160 valence electrons. The molecule has 1 amide bonds. The molecule has 0 aliphatic carbocycles. The van der Waals surface area contributed by atoms with Gasteiger partial charge in [-0.25, -0.2) is 0 Å². The molecule has 2 aromatic carbocycles. The molecule has 1 atom stereocenters. The van der Waals surface area contributed by atoms with Crippen molar-refractivity contribution in [2.24, 2.45) is 0 Å². The van der Waals surface area contributed by atoms with Crippen molar-refractivity contribution in [1.82, 2.24) is 4.98 Å². The second-order valence-electron chi connectivity index (χ2n) is 7.72. The third-order valence-electron chi connectivity index (χ3n) is 5.77. The van der Waals surface area contributed by atoms with E-state index in [9.17, 15) is 19.8 Å². The molecule has 0 spiro atoms. The van der Waals surface area contributed by atoms with E-state index in [0.717, 1.165) is 24.2 Å². The van der Waals surface area contributed by atoms with Gasteiger partial charge in [0.15, 0.2) is 0 Å². The lowest BCUT2D eigenvalue weighted by Crippen LogP contribution is -2.29. The number of fused-ring (bicyclic) bond motifs is 1. The highest BCUT2D eigenvalue weighted by Gasteiger charge is 2.47. The summed E-state index contributed by atoms with van der Waals surface area (Å²) >= 11 is 0. The maximum Gasteiger partial charge on any atom is 0.300 e. The van der Waals surface area contributed by atoms with E-state index < -0.39 is 17.7 Å². The molecule has 1 fully saturated rings. The van der Waals surface area contributed by atoms with Crippen molar-refractivity contribution in [1.29, 1.82) is 0 Å². The van der Waals surface area contributed by atoms with Crippen molar-refractivity contribution in [3.63, 3.8) is 0 Å². The number of nitrogens with zero attached hydrogens (tertiary/aromatic N) is 2. The summed E-state index contributed by atoms with van der Waals surface area (Å²) in [7, 11) is 0. The van der Waals surface area contributed by atoms with Crippen LogP contribution in [0, 0.1) is 0 Å². The minimum atomic E-state index is -0.940. The summed E-state index contributed by atoms with van der Waals surface area (Å²) < 4.78 is 5.64. The molecule has 0 radical (unpaired) electrons. The van der Waals surface area contributed by atoms with Crippen molar-refractivity contribution in [2.75, 3.05) is 11.5 Å². The first-order valence-electron chi connectivity index (χ1n) is 10.3. The lowest BCUT2D eigenvalue weighted by atomic mass is 9.94. The topological polar surface area (TPSA) is 100.0 Å². The summed E-state index contributed by atoms with van der Waals surface area (Å²) in [6.45, 7) is 0.644. The third kappa shape index (κ3) is 3.19. The predicted molar refractivity (Wildman–Crippen MR) is 117 cm³/mol. The molecule has 1 unspecified atom stereocenters. The monoisotopic (exact) mass is 428 g/mol. The van der Waals surface area contributed by atoms with Gasteiger partial charge in [-0.3, -0.25) is 19.5 Å². The van der Waals surface area contributed by atoms with Gasteiger partial charge in [-0.15, -0.1) is 0 Å². The maximum absolute atomic E-state index is 13.2. The number of aromatic nitrogens is 1. The number of para-hydroxylation sites is 2. The summed E-state index contributed by atoms with van der Waals surface area (Å²) in [6.07, 6.45) is 4.79. The van der Waals surface area contributed by atoms with E-state index in [-0.39, 0.29) is 22.8 Å². The van der Waals surface area contributed by atoms with Gasteiger partial charge in [0.2, 0.25) is 0 Å². The zero-order chi connectivity index (χ0) is 22.2. The molecule has 7 heteroatoms. The van der Waals surface area contributed by atoms with Crippen LogP contribution in [0.3, 0.4) is 0 Å². The number of benzene rings is 2. The van der Waals surface area contributed by atoms with Crippen LogP contribution in [-0.2, 0) is 16.0 Å². The minimum absolute atomic E-state index is 0.0528. The zero-order valence-electron chi connectivity index (χ0n) is 17.1. The number of phenolic OH excluding ortho intramolecular Hbond substituents is 1. The molecule has 32 heavy (non-hydrogen) atoms. The number of aryl methyl sites for hydroxylation is 1. The van der Waals surface area contributed by atoms with E-state index in [1.54, 1.807) is 54.7 Å². The molecule has 3 heterocycles. The van der Waals surface area contributed by atoms with Gasteiger partial charge in [-0.2, -0.15) is 0 Å². The van der Waals surface area contributed by atoms with Gasteiger partial charge >= 0.3 is 0 Å². The largest absolute Gasteiger partial charge is 0.507 e. The summed E-state index contributed by atoms with van der Waals surface area (Å²) in [6, 6.07) is 14.0. The molecular formula is C25H20N2O5. The molecule has 3 aromatic rings. The predicted octanol–water partition coefficient (Wildman–Crippen LogP) is 3.74. The minimum Gasteiger partial charge on any atom is -0.507 e. The molecule has 1 aromatic heterocycles. The summed E-state index contributed by atoms with van der Waals surface area (Å²) in [5, 5.41) is 21.6. The molecule has 2 aliphatic rings. The van der Waals surface area contributed by atoms with Gasteiger partial charge in [-0.1, -0.05) is 18.2 Å². The van der Waals surface area contributed by atoms with E-state index in [2.05, 4.69) is 4.98 Å². The van der Waals surface area contributed by atoms with Crippen LogP contribution in [0.2, 0.25) is 0 Å². The zero-order valence-corrected chi connectivity index (χ0v) is 17.1. The highest BCUT2D eigenvalue weighted by molar-refractivity contribution is 6.51. The number of hydrogen-bond donors (Lipinski definition) is 2. The summed E-state index contributed by atoms with van der Waals surface area (Å²) in [5.74, 6) is -1.32. The molecule has 1 saturated heterocycles. The quantitative estimate of drug-likeness (QED) is 0.375. The van der Waals surface area contributed by atoms with Crippen LogP contribution >= 0.6 is 0 Å². The smallest absolute Gasteiger partial charge is 0.300 e. The number of carbonyl (C=O) groups is 2. The first-order chi connectivity index (χ1) is 15.6. The number of aliphatic hydroxyl groups excluding tert-OH is 1. The Labute approximate surface area is 184 Å². The lowest BCUT2D eigenvalue weighted by molar-refractivity contribution is -0.132. The van der Waals surface area contributed by atoms with Crippen molar-refractivity contribution in [3.05, 3.63) is 89.3 Å². The SMILES string of the molecule is O=C1C(=O)N(c2ccccc2O)C(c2cccnc2)/C1=C(/O)c1ccc2c(c1)CCCO2. The van der Waals surface area contributed by atoms with E-state index in [1.807, 2.05) is 0 Å². The van der Waals surface area contributed by atoms with Crippen molar-refractivity contribution < 1.29 is 24.5 Å². The average Bonchev–Trinajstić information content (AvgIpc) is 3.09. The molecule has 7 nitrogen and oxygen atoms in total. The van der Waals surface area contributed by atoms with Gasteiger partial charge in [0.05, 0.1) is 23.9 Å². The van der Waals surface area contributed by atoms with Gasteiger partial charge < -0.3 is 14.9 Å². The normalized spacial score (nSPS) is 19.5. The van der Waals surface area contributed by atoms with Crippen LogP contribution in [0.1, 0.15) is 29.2 Å². The Kier molecular flexibility index (Phi) is 4.86. The van der Waals surface area contributed by atoms with E-state index in [1.165, 1.54) is 17.2 Å². The van der Waals surface area contributed by atoms with Crippen LogP contribution in [-0.4, -0.2) is 33.5 Å². The number of phenols is 1. The molecular weight excluding hydrogens is 408 g/mol. The highest BCUT2D eigenvalue weighted by Crippen LogP contribution is 2.44. The first kappa shape index (κ1) is 19.8. The number of Topliss-reactive ketones (excluding diaryl/α,β-unsaturated/α-hetero) is 1. The Morgan fingerprint density at radius 3 is 2.72 bits per heavy atom. The summed E-state index contributed by atoms with van der Waals surface area (Å²) in [5.41, 5.74) is 2.04. The van der Waals surface area contributed by atoms with Gasteiger partial charge in [0, 0.05) is 18.0 Å². The Morgan fingerprint density at radius 1 is 1.09 bits per heavy atom. The number of rotatable bonds is 3. The van der Waals surface area contributed by atoms with Crippen LogP contribution in [0.4, 0.5) is 5.69 Å². The fourth-order valence-electron chi connectivity index (χ4n) is 4.27. The molecule has 5 rings (SSSR count). The number of amides is 1. The molecule has 2 N–H and O–H groups in total. The van der Waals surface area contributed by atoms with Gasteiger partial charge in [0.25, 0.3) is 11.7 Å². The number of hydrogen-bond acceptors (Lipinski definition) is 6. The number of carbonyl (C=O) groups excluding carboxylic acids is 2. The summed E-state index contributed by atoms with van der Waals surface area (Å²) in [4.78, 5) is 31.6. The Hall–Kier alpha value is -4.13. The Morgan fingerprint density at radius 2 is 1.94 bits per heavy atom. The number of aliphatic hydroxyl groups is 1. The van der Waals surface area contributed by atoms with E-state index in [0.29, 0.717) is 17.7 Å². The van der Waals surface area contributed by atoms with Crippen LogP contribution < -0.4 is 9.64 Å². The fourth-order valence-corrected chi connectivity index (χ4v) is 4.27. The molecule has 2 aliphatic heterocycles. The second kappa shape index (κ2) is 7.85. The second-order valence-corrected chi connectivity index (χ2v) is 7.72. The standard InChI is InChI=1S/C25H20N2O5/c28-19-8-2-1-7-18(19)27-22(17-5-3-11-26-14-17)21(24(30)25(27)31)23(29)16-9-10-20-15(13-16)6-4-12-32-20/h1-3,5,7-11,13-14,22,28-29H,4,6,12H2/b23-21-. The number of ether oxygens (including phenoxy) is 1.